The molecule has 0 aliphatic rings. The monoisotopic (exact) mass is 522 g/mol. The van der Waals surface area contributed by atoms with Gasteiger partial charge in [-0.15, -0.1) is 17.9 Å². The number of rotatable bonds is 7. The molecule has 1 N–H and O–H groups in total. The number of carbonyl (C=O) groups excluding carboxylic acids is 1. The van der Waals surface area contributed by atoms with E-state index in [1.807, 2.05) is 6.92 Å². The number of nitrogens with zero attached hydrogens (tertiary/aromatic N) is 1. The van der Waals surface area contributed by atoms with Gasteiger partial charge in [0.25, 0.3) is 0 Å². The number of ether oxygens (including phenoxy) is 1. The lowest BCUT2D eigenvalue weighted by Gasteiger charge is -2.22. The van der Waals surface area contributed by atoms with Crippen molar-refractivity contribution in [3.63, 3.8) is 0 Å². The average Bonchev–Trinajstić information content (AvgIpc) is 3.38. The summed E-state index contributed by atoms with van der Waals surface area (Å²) in [5.41, 5.74) is -1.44. The number of benzene rings is 2. The third-order valence-corrected chi connectivity index (χ3v) is 8.53. The summed E-state index contributed by atoms with van der Waals surface area (Å²) in [5.74, 6) is -0.776. The van der Waals surface area contributed by atoms with Crippen LogP contribution >= 0.6 is 11.3 Å². The molecule has 6 nitrogen and oxygen atoms in total. The summed E-state index contributed by atoms with van der Waals surface area (Å²) < 4.78 is 73.2. The van der Waals surface area contributed by atoms with E-state index in [1.165, 1.54) is 36.5 Å². The molecule has 0 radical (unpaired) electrons. The predicted molar refractivity (Wildman–Crippen MR) is 129 cm³/mol. The third kappa shape index (κ3) is 4.83. The third-order valence-electron chi connectivity index (χ3n) is 5.46. The molecule has 2 aromatic carbocycles. The largest absolute Gasteiger partial charge is 0.439 e. The number of alkyl halides is 3. The molecular formula is C24H21F3N2O4S2. The van der Waals surface area contributed by atoms with E-state index in [1.54, 1.807) is 18.2 Å². The number of esters is 1. The first kappa shape index (κ1) is 24.9. The number of thiazole rings is 1. The van der Waals surface area contributed by atoms with Crippen LogP contribution in [-0.4, -0.2) is 24.4 Å². The number of hydrogen-bond donors (Lipinski definition) is 1. The van der Waals surface area contributed by atoms with Gasteiger partial charge in [0, 0.05) is 17.3 Å². The molecule has 35 heavy (non-hydrogen) atoms. The van der Waals surface area contributed by atoms with Crippen LogP contribution < -0.4 is 0 Å². The second-order valence-corrected chi connectivity index (χ2v) is 11.3. The summed E-state index contributed by atoms with van der Waals surface area (Å²) in [7, 11) is -4.31. The molecule has 0 amide bonds. The van der Waals surface area contributed by atoms with Crippen LogP contribution in [0.2, 0.25) is 0 Å². The van der Waals surface area contributed by atoms with Crippen molar-refractivity contribution in [1.29, 1.82) is 0 Å². The Hall–Kier alpha value is -3.18. The Balaban J connectivity index is 1.82. The number of sulfone groups is 1. The molecule has 2 atom stereocenters. The molecule has 0 saturated carbocycles. The van der Waals surface area contributed by atoms with Gasteiger partial charge < -0.3 is 9.72 Å². The zero-order valence-corrected chi connectivity index (χ0v) is 20.4. The standard InChI is InChI=1S/C24H21F3N2O4S2/c1-4-21(14-6-9-20-18(11-14)28-13(3)34-20)35(31,32)23(33-22(30)5-2)19-12-15-10-16(24(25,26)27)7-8-17(15)29-19/h4,6-12,21,23,29H,1,5H2,2-3H3. The topological polar surface area (TPSA) is 89.1 Å². The van der Waals surface area contributed by atoms with Crippen LogP contribution in [0.3, 0.4) is 0 Å². The second-order valence-electron chi connectivity index (χ2n) is 7.91. The van der Waals surface area contributed by atoms with Crippen molar-refractivity contribution in [3.8, 4) is 0 Å². The van der Waals surface area contributed by atoms with E-state index < -0.39 is 38.2 Å². The fourth-order valence-electron chi connectivity index (χ4n) is 3.80. The van der Waals surface area contributed by atoms with Crippen LogP contribution in [0.15, 0.2) is 55.1 Å². The van der Waals surface area contributed by atoms with Crippen molar-refractivity contribution in [2.45, 2.75) is 37.1 Å². The Morgan fingerprint density at radius 1 is 1.23 bits per heavy atom. The number of carbonyl (C=O) groups is 1. The molecule has 0 spiro atoms. The van der Waals surface area contributed by atoms with Crippen molar-refractivity contribution in [1.82, 2.24) is 9.97 Å². The minimum atomic E-state index is -4.56. The minimum absolute atomic E-state index is 0.0569. The Kier molecular flexibility index (Phi) is 6.50. The molecular weight excluding hydrogens is 501 g/mol. The van der Waals surface area contributed by atoms with Crippen molar-refractivity contribution in [2.24, 2.45) is 0 Å². The van der Waals surface area contributed by atoms with E-state index in [0.717, 1.165) is 21.8 Å². The maximum absolute atomic E-state index is 13.8. The van der Waals surface area contributed by atoms with Crippen LogP contribution in [-0.2, 0) is 25.5 Å². The van der Waals surface area contributed by atoms with Crippen LogP contribution in [0.5, 0.6) is 0 Å². The first-order chi connectivity index (χ1) is 16.4. The lowest BCUT2D eigenvalue weighted by atomic mass is 10.1. The molecule has 0 bridgehead atoms. The van der Waals surface area contributed by atoms with Crippen LogP contribution in [0.25, 0.3) is 21.1 Å². The Morgan fingerprint density at radius 2 is 1.97 bits per heavy atom. The van der Waals surface area contributed by atoms with Gasteiger partial charge in [0.1, 0.15) is 5.25 Å². The van der Waals surface area contributed by atoms with Gasteiger partial charge in [0.2, 0.25) is 15.3 Å². The number of aryl methyl sites for hydroxylation is 1. The average molecular weight is 523 g/mol. The molecule has 0 saturated heterocycles. The van der Waals surface area contributed by atoms with Crippen LogP contribution in [0, 0.1) is 6.92 Å². The van der Waals surface area contributed by atoms with E-state index in [9.17, 15) is 26.4 Å². The quantitative estimate of drug-likeness (QED) is 0.224. The van der Waals surface area contributed by atoms with Gasteiger partial charge >= 0.3 is 12.1 Å². The fraction of sp³-hybridized carbons (Fsp3) is 0.250. The molecule has 11 heteroatoms. The van der Waals surface area contributed by atoms with E-state index in [-0.39, 0.29) is 23.0 Å². The maximum Gasteiger partial charge on any atom is 0.416 e. The summed E-state index contributed by atoms with van der Waals surface area (Å²) in [6, 6.07) is 9.30. The summed E-state index contributed by atoms with van der Waals surface area (Å²) in [6.07, 6.45) is -3.42. The van der Waals surface area contributed by atoms with Crippen LogP contribution in [0.1, 0.15) is 45.9 Å². The SMILES string of the molecule is C=CC(c1ccc2sc(C)nc2c1)S(=O)(=O)C(OC(=O)CC)c1cc2cc(C(F)(F)F)ccc2[nH]1. The van der Waals surface area contributed by atoms with Crippen LogP contribution in [0.4, 0.5) is 13.2 Å². The van der Waals surface area contributed by atoms with E-state index in [4.69, 9.17) is 4.74 Å². The smallest absolute Gasteiger partial charge is 0.416 e. The molecule has 2 unspecified atom stereocenters. The number of halogens is 3. The molecule has 2 heterocycles. The second kappa shape index (κ2) is 9.12. The predicted octanol–water partition coefficient (Wildman–Crippen LogP) is 6.40. The van der Waals surface area contributed by atoms with Gasteiger partial charge in [-0.25, -0.2) is 13.4 Å². The van der Waals surface area contributed by atoms with Crippen molar-refractivity contribution < 1.29 is 31.1 Å². The number of nitrogens with one attached hydrogen (secondary N) is 1. The highest BCUT2D eigenvalue weighted by atomic mass is 32.2. The van der Waals surface area contributed by atoms with Gasteiger partial charge in [-0.2, -0.15) is 13.2 Å². The normalized spacial score (nSPS) is 14.2. The highest BCUT2D eigenvalue weighted by Crippen LogP contribution is 2.39. The maximum atomic E-state index is 13.8. The highest BCUT2D eigenvalue weighted by molar-refractivity contribution is 7.91. The van der Waals surface area contributed by atoms with Gasteiger partial charge in [-0.1, -0.05) is 19.1 Å². The lowest BCUT2D eigenvalue weighted by Crippen LogP contribution is -2.24. The molecule has 0 aliphatic carbocycles. The zero-order chi connectivity index (χ0) is 25.5. The van der Waals surface area contributed by atoms with Gasteiger partial charge in [-0.3, -0.25) is 4.79 Å². The molecule has 184 valence electrons. The minimum Gasteiger partial charge on any atom is -0.439 e. The van der Waals surface area contributed by atoms with E-state index in [0.29, 0.717) is 11.1 Å². The number of hydrogen-bond acceptors (Lipinski definition) is 6. The number of H-pyrrole nitrogens is 1. The Bertz CT molecular complexity index is 1540. The molecule has 0 fully saturated rings. The highest BCUT2D eigenvalue weighted by Gasteiger charge is 2.39. The molecule has 4 rings (SSSR count). The van der Waals surface area contributed by atoms with Gasteiger partial charge in [0.15, 0.2) is 0 Å². The Labute approximate surface area is 203 Å². The Morgan fingerprint density at radius 3 is 2.63 bits per heavy atom. The summed E-state index contributed by atoms with van der Waals surface area (Å²) in [4.78, 5) is 19.4. The number of aromatic amines is 1. The van der Waals surface area contributed by atoms with Crippen molar-refractivity contribution >= 4 is 48.3 Å². The number of fused-ring (bicyclic) bond motifs is 2. The zero-order valence-electron chi connectivity index (χ0n) is 18.7. The summed E-state index contributed by atoms with van der Waals surface area (Å²) in [6.45, 7) is 7.02. The van der Waals surface area contributed by atoms with Gasteiger partial charge in [-0.05, 0) is 48.9 Å². The van der Waals surface area contributed by atoms with Crippen molar-refractivity contribution in [2.75, 3.05) is 0 Å². The first-order valence-electron chi connectivity index (χ1n) is 10.6. The fourth-order valence-corrected chi connectivity index (χ4v) is 6.39. The van der Waals surface area contributed by atoms with Gasteiger partial charge in [0.05, 0.1) is 26.5 Å². The molecule has 0 aliphatic heterocycles. The summed E-state index contributed by atoms with van der Waals surface area (Å²) in [5, 5.41) is -0.306. The first-order valence-corrected chi connectivity index (χ1v) is 13.0. The van der Waals surface area contributed by atoms with Crippen molar-refractivity contribution in [3.05, 3.63) is 76.9 Å². The molecule has 4 aromatic rings. The van der Waals surface area contributed by atoms with E-state index in [2.05, 4.69) is 16.5 Å². The number of aromatic nitrogens is 2. The lowest BCUT2D eigenvalue weighted by molar-refractivity contribution is -0.145. The molecule has 2 aromatic heterocycles. The summed E-state index contributed by atoms with van der Waals surface area (Å²) >= 11 is 1.47. The van der Waals surface area contributed by atoms with E-state index >= 15 is 0 Å².